The SMILES string of the molecule is CN1CC(CN)CC1c1ccc(OC2CCCOC2)c(Cl)c1. The average molecular weight is 325 g/mol. The van der Waals surface area contributed by atoms with Gasteiger partial charge in [0.1, 0.15) is 11.9 Å². The number of nitrogens with zero attached hydrogens (tertiary/aromatic N) is 1. The largest absolute Gasteiger partial charge is 0.486 e. The maximum Gasteiger partial charge on any atom is 0.138 e. The van der Waals surface area contributed by atoms with Crippen molar-refractivity contribution in [3.8, 4) is 5.75 Å². The first-order valence-corrected chi connectivity index (χ1v) is 8.49. The second-order valence-corrected chi connectivity index (χ2v) is 6.85. The summed E-state index contributed by atoms with van der Waals surface area (Å²) in [7, 11) is 2.15. The van der Waals surface area contributed by atoms with Gasteiger partial charge in [-0.15, -0.1) is 0 Å². The summed E-state index contributed by atoms with van der Waals surface area (Å²) in [5.74, 6) is 1.33. The van der Waals surface area contributed by atoms with Crippen LogP contribution in [-0.4, -0.2) is 44.4 Å². The summed E-state index contributed by atoms with van der Waals surface area (Å²) in [4.78, 5) is 2.36. The van der Waals surface area contributed by atoms with Crippen molar-refractivity contribution in [2.75, 3.05) is 33.4 Å². The third-order valence-corrected chi connectivity index (χ3v) is 5.02. The second kappa shape index (κ2) is 7.18. The molecule has 3 atom stereocenters. The van der Waals surface area contributed by atoms with Crippen LogP contribution in [0.1, 0.15) is 30.9 Å². The summed E-state index contributed by atoms with van der Waals surface area (Å²) >= 11 is 6.44. The lowest BCUT2D eigenvalue weighted by atomic mass is 10.00. The summed E-state index contributed by atoms with van der Waals surface area (Å²) in [5, 5.41) is 0.688. The van der Waals surface area contributed by atoms with Gasteiger partial charge in [-0.2, -0.15) is 0 Å². The molecule has 2 saturated heterocycles. The quantitative estimate of drug-likeness (QED) is 0.925. The molecule has 0 aliphatic carbocycles. The lowest BCUT2D eigenvalue weighted by Crippen LogP contribution is -2.28. The van der Waals surface area contributed by atoms with Crippen LogP contribution in [-0.2, 0) is 4.74 Å². The molecule has 2 aliphatic rings. The zero-order valence-corrected chi connectivity index (χ0v) is 13.9. The minimum atomic E-state index is 0.118. The molecule has 0 amide bonds. The van der Waals surface area contributed by atoms with Gasteiger partial charge in [0.2, 0.25) is 0 Å². The smallest absolute Gasteiger partial charge is 0.138 e. The summed E-state index contributed by atoms with van der Waals surface area (Å²) < 4.78 is 11.4. The van der Waals surface area contributed by atoms with E-state index < -0.39 is 0 Å². The molecule has 3 unspecified atom stereocenters. The highest BCUT2D eigenvalue weighted by atomic mass is 35.5. The molecule has 0 saturated carbocycles. The van der Waals surface area contributed by atoms with Crippen molar-refractivity contribution in [3.05, 3.63) is 28.8 Å². The normalized spacial score (nSPS) is 29.7. The first-order valence-electron chi connectivity index (χ1n) is 8.11. The van der Waals surface area contributed by atoms with Gasteiger partial charge < -0.3 is 15.2 Å². The van der Waals surface area contributed by atoms with E-state index in [4.69, 9.17) is 26.8 Å². The van der Waals surface area contributed by atoms with Crippen LogP contribution in [0.4, 0.5) is 0 Å². The molecule has 2 aliphatic heterocycles. The van der Waals surface area contributed by atoms with Crippen LogP contribution in [0.5, 0.6) is 5.75 Å². The maximum atomic E-state index is 6.44. The van der Waals surface area contributed by atoms with E-state index in [-0.39, 0.29) is 6.10 Å². The Balaban J connectivity index is 1.69. The van der Waals surface area contributed by atoms with Crippen LogP contribution >= 0.6 is 11.6 Å². The molecular weight excluding hydrogens is 300 g/mol. The van der Waals surface area contributed by atoms with Crippen LogP contribution in [0.2, 0.25) is 5.02 Å². The molecule has 0 spiro atoms. The zero-order valence-electron chi connectivity index (χ0n) is 13.1. The lowest BCUT2D eigenvalue weighted by molar-refractivity contribution is 0.00746. The lowest BCUT2D eigenvalue weighted by Gasteiger charge is -2.25. The summed E-state index contributed by atoms with van der Waals surface area (Å²) in [6, 6.07) is 6.57. The van der Waals surface area contributed by atoms with Crippen LogP contribution in [0.3, 0.4) is 0 Å². The molecule has 0 bridgehead atoms. The standard InChI is InChI=1S/C17H25ClN2O2/c1-20-10-12(9-19)7-16(20)13-4-5-17(15(18)8-13)22-14-3-2-6-21-11-14/h4-5,8,12,14,16H,2-3,6-7,9-11,19H2,1H3. The van der Waals surface area contributed by atoms with Gasteiger partial charge in [-0.25, -0.2) is 0 Å². The highest BCUT2D eigenvalue weighted by Crippen LogP contribution is 2.37. The van der Waals surface area contributed by atoms with E-state index in [1.54, 1.807) is 0 Å². The highest BCUT2D eigenvalue weighted by Gasteiger charge is 2.30. The van der Waals surface area contributed by atoms with Gasteiger partial charge >= 0.3 is 0 Å². The van der Waals surface area contributed by atoms with Gasteiger partial charge in [0.25, 0.3) is 0 Å². The Bertz CT molecular complexity index is 505. The number of hydrogen-bond donors (Lipinski definition) is 1. The van der Waals surface area contributed by atoms with Crippen LogP contribution in [0.25, 0.3) is 0 Å². The Kier molecular flexibility index (Phi) is 5.24. The molecule has 2 heterocycles. The average Bonchev–Trinajstić information content (AvgIpc) is 2.91. The fourth-order valence-electron chi connectivity index (χ4n) is 3.47. The Morgan fingerprint density at radius 1 is 1.45 bits per heavy atom. The first kappa shape index (κ1) is 16.1. The number of halogens is 1. The van der Waals surface area contributed by atoms with E-state index in [0.717, 1.165) is 44.7 Å². The van der Waals surface area contributed by atoms with E-state index in [9.17, 15) is 0 Å². The molecule has 122 valence electrons. The molecule has 1 aromatic rings. The van der Waals surface area contributed by atoms with Gasteiger partial charge in [0.15, 0.2) is 0 Å². The molecule has 22 heavy (non-hydrogen) atoms. The summed E-state index contributed by atoms with van der Waals surface area (Å²) in [5.41, 5.74) is 7.06. The number of nitrogens with two attached hydrogens (primary N) is 1. The van der Waals surface area contributed by atoms with Crippen LogP contribution in [0.15, 0.2) is 18.2 Å². The molecule has 0 radical (unpaired) electrons. The van der Waals surface area contributed by atoms with Gasteiger partial charge in [-0.1, -0.05) is 17.7 Å². The Labute approximate surface area is 137 Å². The molecule has 2 N–H and O–H groups in total. The van der Waals surface area contributed by atoms with Crippen molar-refractivity contribution in [3.63, 3.8) is 0 Å². The predicted molar refractivity (Wildman–Crippen MR) is 88.5 cm³/mol. The van der Waals surface area contributed by atoms with Crippen molar-refractivity contribution in [2.45, 2.75) is 31.4 Å². The summed E-state index contributed by atoms with van der Waals surface area (Å²) in [6.45, 7) is 3.29. The third kappa shape index (κ3) is 3.57. The highest BCUT2D eigenvalue weighted by molar-refractivity contribution is 6.32. The fourth-order valence-corrected chi connectivity index (χ4v) is 3.70. The second-order valence-electron chi connectivity index (χ2n) is 6.44. The van der Waals surface area contributed by atoms with Crippen molar-refractivity contribution in [1.29, 1.82) is 0 Å². The van der Waals surface area contributed by atoms with E-state index in [1.807, 2.05) is 12.1 Å². The third-order valence-electron chi connectivity index (χ3n) is 4.72. The van der Waals surface area contributed by atoms with Crippen molar-refractivity contribution in [1.82, 2.24) is 4.90 Å². The number of likely N-dealkylation sites (tertiary alicyclic amines) is 1. The van der Waals surface area contributed by atoms with Crippen LogP contribution in [0, 0.1) is 5.92 Å². The molecule has 1 aromatic carbocycles. The Morgan fingerprint density at radius 3 is 2.95 bits per heavy atom. The van der Waals surface area contributed by atoms with Crippen LogP contribution < -0.4 is 10.5 Å². The molecule has 0 aromatic heterocycles. The van der Waals surface area contributed by atoms with E-state index in [2.05, 4.69) is 18.0 Å². The fraction of sp³-hybridized carbons (Fsp3) is 0.647. The minimum Gasteiger partial charge on any atom is -0.486 e. The molecule has 2 fully saturated rings. The van der Waals surface area contributed by atoms with Crippen molar-refractivity contribution < 1.29 is 9.47 Å². The molecular formula is C17H25ClN2O2. The summed E-state index contributed by atoms with van der Waals surface area (Å²) in [6.07, 6.45) is 3.29. The topological polar surface area (TPSA) is 47.7 Å². The zero-order chi connectivity index (χ0) is 15.5. The molecule has 5 heteroatoms. The number of rotatable bonds is 4. The first-order chi connectivity index (χ1) is 10.7. The number of benzene rings is 1. The predicted octanol–water partition coefficient (Wildman–Crippen LogP) is 2.85. The Morgan fingerprint density at radius 2 is 2.32 bits per heavy atom. The minimum absolute atomic E-state index is 0.118. The van der Waals surface area contributed by atoms with Gasteiger partial charge in [-0.3, -0.25) is 4.90 Å². The molecule has 4 nitrogen and oxygen atoms in total. The van der Waals surface area contributed by atoms with Gasteiger partial charge in [-0.05, 0) is 56.5 Å². The number of ether oxygens (including phenoxy) is 2. The monoisotopic (exact) mass is 324 g/mol. The Hall–Kier alpha value is -0.810. The van der Waals surface area contributed by atoms with Crippen molar-refractivity contribution in [2.24, 2.45) is 11.7 Å². The van der Waals surface area contributed by atoms with E-state index in [0.29, 0.717) is 23.6 Å². The maximum absolute atomic E-state index is 6.44. The number of hydrogen-bond acceptors (Lipinski definition) is 4. The van der Waals surface area contributed by atoms with Crippen molar-refractivity contribution >= 4 is 11.6 Å². The van der Waals surface area contributed by atoms with E-state index >= 15 is 0 Å². The molecule has 3 rings (SSSR count). The van der Waals surface area contributed by atoms with Gasteiger partial charge in [0, 0.05) is 19.2 Å². The van der Waals surface area contributed by atoms with E-state index in [1.165, 1.54) is 5.56 Å². The van der Waals surface area contributed by atoms with Gasteiger partial charge in [0.05, 0.1) is 11.6 Å².